The number of amides is 1. The molecule has 6 nitrogen and oxygen atoms in total. The number of unbranched alkanes of at least 4 members (excludes halogenated alkanes) is 1. The molecule has 2 rings (SSSR count). The van der Waals surface area contributed by atoms with Gasteiger partial charge in [0.1, 0.15) is 5.75 Å². The molecule has 0 heterocycles. The smallest absolute Gasteiger partial charge is 0.262 e. The van der Waals surface area contributed by atoms with E-state index in [2.05, 4.69) is 10.0 Å². The highest BCUT2D eigenvalue weighted by Crippen LogP contribution is 2.32. The highest BCUT2D eigenvalue weighted by molar-refractivity contribution is 7.92. The molecule has 29 heavy (non-hydrogen) atoms. The third-order valence-electron chi connectivity index (χ3n) is 4.67. The maximum atomic E-state index is 13.1. The van der Waals surface area contributed by atoms with Crippen LogP contribution in [-0.4, -0.2) is 28.0 Å². The highest BCUT2D eigenvalue weighted by atomic mass is 32.2. The number of carbonyl (C=O) groups is 1. The molecule has 2 N–H and O–H groups in total. The van der Waals surface area contributed by atoms with Gasteiger partial charge in [-0.05, 0) is 54.7 Å². The van der Waals surface area contributed by atoms with E-state index in [0.29, 0.717) is 23.4 Å². The van der Waals surface area contributed by atoms with Crippen LogP contribution in [0.2, 0.25) is 0 Å². The second-order valence-corrected chi connectivity index (χ2v) is 8.93. The van der Waals surface area contributed by atoms with Crippen LogP contribution in [0.3, 0.4) is 0 Å². The minimum atomic E-state index is -3.89. The van der Waals surface area contributed by atoms with Crippen molar-refractivity contribution in [2.45, 2.75) is 51.3 Å². The average Bonchev–Trinajstić information content (AvgIpc) is 2.67. The highest BCUT2D eigenvalue weighted by Gasteiger charge is 2.23. The number of rotatable bonds is 9. The van der Waals surface area contributed by atoms with E-state index in [1.807, 2.05) is 20.8 Å². The van der Waals surface area contributed by atoms with Gasteiger partial charge in [0.25, 0.3) is 15.9 Å². The summed E-state index contributed by atoms with van der Waals surface area (Å²) in [5.41, 5.74) is 1.93. The van der Waals surface area contributed by atoms with E-state index in [0.717, 1.165) is 18.4 Å². The van der Waals surface area contributed by atoms with Crippen LogP contribution in [0.4, 0.5) is 5.69 Å². The van der Waals surface area contributed by atoms with Crippen molar-refractivity contribution in [1.29, 1.82) is 0 Å². The van der Waals surface area contributed by atoms with E-state index >= 15 is 0 Å². The molecule has 0 aliphatic heterocycles. The lowest BCUT2D eigenvalue weighted by Crippen LogP contribution is -2.26. The number of hydrogen-bond donors (Lipinski definition) is 2. The SMILES string of the molecule is CCCCNC(=O)c1ccccc1NS(=O)(=O)c1cc(C(C)C)c(OC)cc1C. The molecule has 0 unspecified atom stereocenters. The van der Waals surface area contributed by atoms with Crippen molar-refractivity contribution in [2.75, 3.05) is 18.4 Å². The summed E-state index contributed by atoms with van der Waals surface area (Å²) in [4.78, 5) is 12.7. The molecule has 0 saturated carbocycles. The molecule has 0 bridgehead atoms. The van der Waals surface area contributed by atoms with Gasteiger partial charge in [-0.1, -0.05) is 39.3 Å². The molecule has 0 aliphatic rings. The number of methoxy groups -OCH3 is 1. The van der Waals surface area contributed by atoms with E-state index in [4.69, 9.17) is 4.74 Å². The van der Waals surface area contributed by atoms with Crippen molar-refractivity contribution < 1.29 is 17.9 Å². The van der Waals surface area contributed by atoms with Crippen LogP contribution in [0.15, 0.2) is 41.3 Å². The number of ether oxygens (including phenoxy) is 1. The summed E-state index contributed by atoms with van der Waals surface area (Å²) in [7, 11) is -2.32. The van der Waals surface area contributed by atoms with Crippen LogP contribution in [0.25, 0.3) is 0 Å². The molecule has 0 aromatic heterocycles. The largest absolute Gasteiger partial charge is 0.496 e. The number of nitrogens with one attached hydrogen (secondary N) is 2. The lowest BCUT2D eigenvalue weighted by Gasteiger charge is -2.18. The van der Waals surface area contributed by atoms with Gasteiger partial charge in [-0.25, -0.2) is 8.42 Å². The molecule has 1 amide bonds. The van der Waals surface area contributed by atoms with Gasteiger partial charge in [0.05, 0.1) is 23.3 Å². The molecular weight excluding hydrogens is 388 g/mol. The van der Waals surface area contributed by atoms with E-state index in [9.17, 15) is 13.2 Å². The molecule has 2 aromatic rings. The number of aryl methyl sites for hydroxylation is 1. The molecule has 0 aliphatic carbocycles. The minimum Gasteiger partial charge on any atom is -0.496 e. The lowest BCUT2D eigenvalue weighted by atomic mass is 10.0. The van der Waals surface area contributed by atoms with Gasteiger partial charge in [0.15, 0.2) is 0 Å². The van der Waals surface area contributed by atoms with Crippen LogP contribution >= 0.6 is 0 Å². The fraction of sp³-hybridized carbons (Fsp3) is 0.409. The third kappa shape index (κ3) is 5.50. The average molecular weight is 419 g/mol. The first-order valence-corrected chi connectivity index (χ1v) is 11.3. The summed E-state index contributed by atoms with van der Waals surface area (Å²) >= 11 is 0. The van der Waals surface area contributed by atoms with Crippen molar-refractivity contribution >= 4 is 21.6 Å². The Hall–Kier alpha value is -2.54. The molecule has 0 fully saturated rings. The van der Waals surface area contributed by atoms with Crippen molar-refractivity contribution in [3.05, 3.63) is 53.1 Å². The summed E-state index contributed by atoms with van der Waals surface area (Å²) in [6.07, 6.45) is 1.83. The second kappa shape index (κ2) is 9.78. The zero-order valence-electron chi connectivity index (χ0n) is 17.7. The standard InChI is InChI=1S/C22H30N2O4S/c1-6-7-12-23-22(25)17-10-8-9-11-19(17)24-29(26,27)21-14-18(15(2)3)20(28-5)13-16(21)4/h8-11,13-15,24H,6-7,12H2,1-5H3,(H,23,25). The molecule has 0 radical (unpaired) electrons. The van der Waals surface area contributed by atoms with Crippen LogP contribution in [-0.2, 0) is 10.0 Å². The first-order valence-electron chi connectivity index (χ1n) is 9.79. The van der Waals surface area contributed by atoms with Gasteiger partial charge in [-0.2, -0.15) is 0 Å². The Kier molecular flexibility index (Phi) is 7.67. The maximum absolute atomic E-state index is 13.1. The normalized spacial score (nSPS) is 11.4. The number of hydrogen-bond acceptors (Lipinski definition) is 4. The topological polar surface area (TPSA) is 84.5 Å². The number of benzene rings is 2. The summed E-state index contributed by atoms with van der Waals surface area (Å²) in [5.74, 6) is 0.453. The molecule has 0 spiro atoms. The monoisotopic (exact) mass is 418 g/mol. The minimum absolute atomic E-state index is 0.0936. The van der Waals surface area contributed by atoms with Crippen molar-refractivity contribution in [3.8, 4) is 5.75 Å². The Morgan fingerprint density at radius 3 is 2.48 bits per heavy atom. The van der Waals surface area contributed by atoms with Crippen LogP contribution in [0.5, 0.6) is 5.75 Å². The van der Waals surface area contributed by atoms with Crippen LogP contribution in [0, 0.1) is 6.92 Å². The quantitative estimate of drug-likeness (QED) is 0.589. The Balaban J connectivity index is 2.40. The van der Waals surface area contributed by atoms with E-state index in [1.54, 1.807) is 50.4 Å². The van der Waals surface area contributed by atoms with Crippen LogP contribution < -0.4 is 14.8 Å². The molecule has 7 heteroatoms. The number of anilines is 1. The molecule has 158 valence electrons. The first-order chi connectivity index (χ1) is 13.7. The van der Waals surface area contributed by atoms with E-state index in [-0.39, 0.29) is 22.4 Å². The first kappa shape index (κ1) is 22.7. The fourth-order valence-corrected chi connectivity index (χ4v) is 4.38. The van der Waals surface area contributed by atoms with Gasteiger partial charge in [0, 0.05) is 6.54 Å². The Labute approximate surface area is 173 Å². The zero-order valence-corrected chi connectivity index (χ0v) is 18.5. The van der Waals surface area contributed by atoms with Gasteiger partial charge in [0.2, 0.25) is 0 Å². The van der Waals surface area contributed by atoms with Crippen molar-refractivity contribution in [3.63, 3.8) is 0 Å². The molecular formula is C22H30N2O4S. The van der Waals surface area contributed by atoms with Gasteiger partial charge < -0.3 is 10.1 Å². The summed E-state index contributed by atoms with van der Waals surface area (Å²) in [5, 5.41) is 2.83. The third-order valence-corrected chi connectivity index (χ3v) is 6.18. The van der Waals surface area contributed by atoms with E-state index < -0.39 is 10.0 Å². The number of carbonyl (C=O) groups excluding carboxylic acids is 1. The van der Waals surface area contributed by atoms with Crippen molar-refractivity contribution in [1.82, 2.24) is 5.32 Å². The van der Waals surface area contributed by atoms with Crippen molar-refractivity contribution in [2.24, 2.45) is 0 Å². The second-order valence-electron chi connectivity index (χ2n) is 7.27. The molecule has 2 aromatic carbocycles. The Morgan fingerprint density at radius 2 is 1.86 bits per heavy atom. The van der Waals surface area contributed by atoms with E-state index in [1.165, 1.54) is 0 Å². The molecule has 0 atom stereocenters. The summed E-state index contributed by atoms with van der Waals surface area (Å²) in [6, 6.07) is 9.98. The number of para-hydroxylation sites is 1. The van der Waals surface area contributed by atoms with Crippen LogP contribution in [0.1, 0.15) is 61.0 Å². The lowest BCUT2D eigenvalue weighted by molar-refractivity contribution is 0.0954. The zero-order chi connectivity index (χ0) is 21.6. The fourth-order valence-electron chi connectivity index (χ4n) is 3.04. The summed E-state index contributed by atoms with van der Waals surface area (Å²) < 4.78 is 34.3. The predicted octanol–water partition coefficient (Wildman–Crippen LogP) is 4.46. The number of sulfonamides is 1. The Bertz CT molecular complexity index is 969. The molecule has 0 saturated heterocycles. The predicted molar refractivity (Wildman–Crippen MR) is 116 cm³/mol. The Morgan fingerprint density at radius 1 is 1.17 bits per heavy atom. The van der Waals surface area contributed by atoms with Gasteiger partial charge in [-0.15, -0.1) is 0 Å². The van der Waals surface area contributed by atoms with Gasteiger partial charge in [-0.3, -0.25) is 9.52 Å². The maximum Gasteiger partial charge on any atom is 0.262 e. The summed E-state index contributed by atoms with van der Waals surface area (Å²) in [6.45, 7) is 8.27. The van der Waals surface area contributed by atoms with Gasteiger partial charge >= 0.3 is 0 Å².